The zero-order chi connectivity index (χ0) is 18.9. The van der Waals surface area contributed by atoms with Crippen molar-refractivity contribution in [2.75, 3.05) is 6.54 Å². The molecule has 0 aromatic carbocycles. The van der Waals surface area contributed by atoms with Crippen LogP contribution in [0, 0.1) is 23.2 Å². The fourth-order valence-corrected chi connectivity index (χ4v) is 5.61. The quantitative estimate of drug-likeness (QED) is 0.788. The first-order chi connectivity index (χ1) is 13.1. The highest BCUT2D eigenvalue weighted by Gasteiger charge is 2.49. The van der Waals surface area contributed by atoms with Gasteiger partial charge in [0.05, 0.1) is 18.3 Å². The van der Waals surface area contributed by atoms with Gasteiger partial charge in [-0.3, -0.25) is 4.79 Å². The summed E-state index contributed by atoms with van der Waals surface area (Å²) in [7, 11) is 0. The predicted octanol–water partition coefficient (Wildman–Crippen LogP) is 3.97. The molecule has 1 aromatic rings. The Morgan fingerprint density at radius 1 is 1.41 bits per heavy atom. The molecular formula is C21H25BrN4O. The molecule has 2 aliphatic carbocycles. The molecule has 3 aliphatic rings. The number of nitriles is 1. The molecule has 1 amide bonds. The number of fused-ring (bicyclic) bond motifs is 1. The first-order valence-electron chi connectivity index (χ1n) is 9.93. The molecule has 4 rings (SSSR count). The molecule has 27 heavy (non-hydrogen) atoms. The summed E-state index contributed by atoms with van der Waals surface area (Å²) >= 11 is 3.65. The largest absolute Gasteiger partial charge is 0.353 e. The number of aromatic nitrogens is 2. The van der Waals surface area contributed by atoms with Gasteiger partial charge in [0.1, 0.15) is 0 Å². The Balaban J connectivity index is 1.63. The number of allylic oxidation sites excluding steroid dienone is 3. The molecule has 0 bridgehead atoms. The molecule has 1 aromatic heterocycles. The van der Waals surface area contributed by atoms with E-state index in [-0.39, 0.29) is 11.8 Å². The van der Waals surface area contributed by atoms with E-state index in [4.69, 9.17) is 0 Å². The lowest BCUT2D eigenvalue weighted by Crippen LogP contribution is -2.49. The lowest BCUT2D eigenvalue weighted by Gasteiger charge is -2.35. The van der Waals surface area contributed by atoms with Gasteiger partial charge in [-0.15, -0.1) is 0 Å². The number of amides is 1. The third-order valence-corrected chi connectivity index (χ3v) is 7.00. The van der Waals surface area contributed by atoms with Crippen molar-refractivity contribution < 1.29 is 4.79 Å². The van der Waals surface area contributed by atoms with E-state index >= 15 is 0 Å². The summed E-state index contributed by atoms with van der Waals surface area (Å²) in [6.07, 6.45) is 16.1. The maximum absolute atomic E-state index is 13.6. The van der Waals surface area contributed by atoms with Crippen molar-refractivity contribution >= 4 is 21.8 Å². The molecule has 2 heterocycles. The van der Waals surface area contributed by atoms with Gasteiger partial charge < -0.3 is 9.88 Å². The maximum atomic E-state index is 13.6. The van der Waals surface area contributed by atoms with Gasteiger partial charge >= 0.3 is 0 Å². The van der Waals surface area contributed by atoms with Gasteiger partial charge in [0.2, 0.25) is 0 Å². The van der Waals surface area contributed by atoms with Crippen LogP contribution in [0.25, 0.3) is 0 Å². The number of imidazole rings is 1. The second-order valence-electron chi connectivity index (χ2n) is 7.93. The van der Waals surface area contributed by atoms with Gasteiger partial charge in [-0.1, -0.05) is 47.3 Å². The molecule has 142 valence electrons. The summed E-state index contributed by atoms with van der Waals surface area (Å²) in [5, 5.41) is 12.5. The summed E-state index contributed by atoms with van der Waals surface area (Å²) < 4.78 is 2.89. The van der Waals surface area contributed by atoms with E-state index in [9.17, 15) is 10.1 Å². The van der Waals surface area contributed by atoms with Crippen molar-refractivity contribution in [2.45, 2.75) is 56.9 Å². The number of nitrogens with zero attached hydrogens (tertiary/aromatic N) is 3. The van der Waals surface area contributed by atoms with E-state index < -0.39 is 5.54 Å². The Kier molecular flexibility index (Phi) is 5.23. The van der Waals surface area contributed by atoms with Gasteiger partial charge in [-0.05, 0) is 43.6 Å². The Labute approximate surface area is 168 Å². The Morgan fingerprint density at radius 3 is 2.96 bits per heavy atom. The fourth-order valence-electron chi connectivity index (χ4n) is 4.80. The number of rotatable bonds is 4. The van der Waals surface area contributed by atoms with E-state index in [0.717, 1.165) is 35.1 Å². The van der Waals surface area contributed by atoms with Crippen LogP contribution in [-0.2, 0) is 16.8 Å². The summed E-state index contributed by atoms with van der Waals surface area (Å²) in [5.74, 6) is 0.497. The number of nitrogens with one attached hydrogen (secondary N) is 1. The second kappa shape index (κ2) is 7.63. The first-order valence-corrected chi connectivity index (χ1v) is 10.7. The molecule has 1 N–H and O–H groups in total. The van der Waals surface area contributed by atoms with Crippen molar-refractivity contribution in [3.8, 4) is 6.07 Å². The van der Waals surface area contributed by atoms with E-state index in [2.05, 4.69) is 38.4 Å². The molecule has 1 fully saturated rings. The van der Waals surface area contributed by atoms with Gasteiger partial charge in [-0.2, -0.15) is 5.26 Å². The minimum absolute atomic E-state index is 0.0526. The zero-order valence-electron chi connectivity index (χ0n) is 15.5. The molecule has 1 saturated carbocycles. The predicted molar refractivity (Wildman–Crippen MR) is 107 cm³/mol. The van der Waals surface area contributed by atoms with E-state index in [1.54, 1.807) is 6.33 Å². The van der Waals surface area contributed by atoms with Crippen LogP contribution >= 0.6 is 15.9 Å². The van der Waals surface area contributed by atoms with Gasteiger partial charge in [0, 0.05) is 22.9 Å². The molecule has 5 nitrogen and oxygen atoms in total. The molecule has 2 atom stereocenters. The highest BCUT2D eigenvalue weighted by atomic mass is 79.9. The lowest BCUT2D eigenvalue weighted by atomic mass is 9.81. The minimum atomic E-state index is -0.768. The zero-order valence-corrected chi connectivity index (χ0v) is 17.0. The number of carbonyl (C=O) groups is 1. The van der Waals surface area contributed by atoms with Gasteiger partial charge in [0.15, 0.2) is 5.54 Å². The summed E-state index contributed by atoms with van der Waals surface area (Å²) in [6, 6.07) is 2.30. The summed E-state index contributed by atoms with van der Waals surface area (Å²) in [6.45, 7) is 0.750. The van der Waals surface area contributed by atoms with E-state index in [1.165, 1.54) is 32.1 Å². The molecular weight excluding hydrogens is 404 g/mol. The second-order valence-corrected chi connectivity index (χ2v) is 8.79. The Morgan fingerprint density at radius 2 is 2.22 bits per heavy atom. The van der Waals surface area contributed by atoms with Gasteiger partial charge in [-0.25, -0.2) is 4.98 Å². The van der Waals surface area contributed by atoms with E-state index in [1.807, 2.05) is 16.8 Å². The summed E-state index contributed by atoms with van der Waals surface area (Å²) in [4.78, 5) is 17.8. The molecule has 2 unspecified atom stereocenters. The standard InChI is InChI=1S/C21H25BrN4O/c22-19-10-16(11-23)6-7-18(19)21(9-8-17-13-24-14-26(17)21)20(27)25-12-15-4-2-1-3-5-15/h7,10,13-16H,1-6,8-9,12H2,(H,25,27). The van der Waals surface area contributed by atoms with Crippen molar-refractivity contribution in [1.29, 1.82) is 5.26 Å². The normalized spacial score (nSPS) is 28.1. The van der Waals surface area contributed by atoms with Crippen LogP contribution in [-0.4, -0.2) is 22.0 Å². The van der Waals surface area contributed by atoms with Crippen molar-refractivity contribution in [2.24, 2.45) is 11.8 Å². The molecule has 0 radical (unpaired) electrons. The monoisotopic (exact) mass is 428 g/mol. The number of aryl methyl sites for hydroxylation is 1. The smallest absolute Gasteiger partial charge is 0.250 e. The molecule has 1 aliphatic heterocycles. The van der Waals surface area contributed by atoms with Crippen LogP contribution in [0.3, 0.4) is 0 Å². The average Bonchev–Trinajstić information content (AvgIpc) is 3.30. The van der Waals surface area contributed by atoms with Crippen LogP contribution in [0.4, 0.5) is 0 Å². The number of carbonyl (C=O) groups excluding carboxylic acids is 1. The number of halogens is 1. The minimum Gasteiger partial charge on any atom is -0.353 e. The van der Waals surface area contributed by atoms with Gasteiger partial charge in [0.25, 0.3) is 5.91 Å². The van der Waals surface area contributed by atoms with Crippen LogP contribution in [0.2, 0.25) is 0 Å². The fraction of sp³-hybridized carbons (Fsp3) is 0.571. The highest BCUT2D eigenvalue weighted by molar-refractivity contribution is 9.12. The molecule has 6 heteroatoms. The third-order valence-electron chi connectivity index (χ3n) is 6.31. The van der Waals surface area contributed by atoms with Crippen LogP contribution in [0.15, 0.2) is 34.7 Å². The third kappa shape index (κ3) is 3.27. The van der Waals surface area contributed by atoms with Crippen molar-refractivity contribution in [3.05, 3.63) is 40.4 Å². The van der Waals surface area contributed by atoms with Crippen LogP contribution in [0.5, 0.6) is 0 Å². The summed E-state index contributed by atoms with van der Waals surface area (Å²) in [5.41, 5.74) is 1.29. The Bertz CT molecular complexity index is 827. The first kappa shape index (κ1) is 18.5. The Hall–Kier alpha value is -1.87. The highest BCUT2D eigenvalue weighted by Crippen LogP contribution is 2.45. The van der Waals surface area contributed by atoms with Crippen molar-refractivity contribution in [3.63, 3.8) is 0 Å². The topological polar surface area (TPSA) is 70.7 Å². The number of hydrogen-bond acceptors (Lipinski definition) is 3. The lowest BCUT2D eigenvalue weighted by molar-refractivity contribution is -0.128. The maximum Gasteiger partial charge on any atom is 0.250 e. The molecule has 0 spiro atoms. The SMILES string of the molecule is N#CC1C=C(Br)C(C2(C(=O)NCC3CCCCC3)CCc3cncn32)=CC1. The average molecular weight is 429 g/mol. The number of hydrogen-bond donors (Lipinski definition) is 1. The van der Waals surface area contributed by atoms with Crippen LogP contribution < -0.4 is 5.32 Å². The van der Waals surface area contributed by atoms with Crippen molar-refractivity contribution in [1.82, 2.24) is 14.9 Å². The molecule has 0 saturated heterocycles. The van der Waals surface area contributed by atoms with Crippen LogP contribution in [0.1, 0.15) is 50.6 Å². The van der Waals surface area contributed by atoms with E-state index in [0.29, 0.717) is 12.3 Å².